The van der Waals surface area contributed by atoms with E-state index in [0.717, 1.165) is 31.7 Å². The zero-order valence-corrected chi connectivity index (χ0v) is 16.3. The summed E-state index contributed by atoms with van der Waals surface area (Å²) in [7, 11) is 2.21. The van der Waals surface area contributed by atoms with Crippen LogP contribution in [0.5, 0.6) is 0 Å². The number of carbonyl (C=O) groups excluding carboxylic acids is 1. The third-order valence-corrected chi connectivity index (χ3v) is 6.27. The highest BCUT2D eigenvalue weighted by atomic mass is 16.1. The van der Waals surface area contributed by atoms with E-state index in [2.05, 4.69) is 34.0 Å². The van der Waals surface area contributed by atoms with Crippen LogP contribution < -0.4 is 10.6 Å². The van der Waals surface area contributed by atoms with Gasteiger partial charge in [0.2, 0.25) is 5.91 Å². The standard InChI is InChI=1S/C21H31N5O/c1-25-9-4-7-19(25)18-11-16-13-23-21(12-17(16)24-18)26-10-3-6-15(14-26)5-2-8-20(22)27/h11-13,15,19,24H,2-10,14H2,1H3,(H2,22,27)/t15?,19-/m1/s1. The molecule has 0 bridgehead atoms. The van der Waals surface area contributed by atoms with E-state index in [1.807, 2.05) is 6.20 Å². The zero-order valence-electron chi connectivity index (χ0n) is 16.3. The van der Waals surface area contributed by atoms with Crippen molar-refractivity contribution in [2.45, 2.75) is 51.0 Å². The average Bonchev–Trinajstić information content (AvgIpc) is 3.26. The SMILES string of the molecule is CN1CCC[C@@H]1c1cc2cnc(N3CCCC(CCCC(N)=O)C3)cc2[nH]1. The summed E-state index contributed by atoms with van der Waals surface area (Å²) in [5.74, 6) is 1.50. The maximum atomic E-state index is 11.0. The minimum Gasteiger partial charge on any atom is -0.370 e. The molecule has 0 saturated carbocycles. The topological polar surface area (TPSA) is 78.2 Å². The molecule has 27 heavy (non-hydrogen) atoms. The predicted molar refractivity (Wildman–Crippen MR) is 109 cm³/mol. The van der Waals surface area contributed by atoms with Gasteiger partial charge >= 0.3 is 0 Å². The summed E-state index contributed by atoms with van der Waals surface area (Å²) >= 11 is 0. The Hall–Kier alpha value is -2.08. The molecule has 2 saturated heterocycles. The third kappa shape index (κ3) is 4.10. The van der Waals surface area contributed by atoms with Crippen molar-refractivity contribution in [1.82, 2.24) is 14.9 Å². The van der Waals surface area contributed by atoms with Crippen LogP contribution >= 0.6 is 0 Å². The number of aromatic nitrogens is 2. The van der Waals surface area contributed by atoms with Crippen LogP contribution in [0.4, 0.5) is 5.82 Å². The lowest BCUT2D eigenvalue weighted by Crippen LogP contribution is -2.36. The summed E-state index contributed by atoms with van der Waals surface area (Å²) in [5, 5.41) is 1.20. The van der Waals surface area contributed by atoms with E-state index >= 15 is 0 Å². The van der Waals surface area contributed by atoms with Gasteiger partial charge in [-0.25, -0.2) is 4.98 Å². The minimum absolute atomic E-state index is 0.190. The van der Waals surface area contributed by atoms with E-state index in [-0.39, 0.29) is 5.91 Å². The molecular formula is C21H31N5O. The second-order valence-corrected chi connectivity index (χ2v) is 8.31. The molecule has 6 nitrogen and oxygen atoms in total. The summed E-state index contributed by atoms with van der Waals surface area (Å²) in [4.78, 5) is 24.2. The van der Waals surface area contributed by atoms with Crippen molar-refractivity contribution in [3.8, 4) is 0 Å². The number of fused-ring (bicyclic) bond motifs is 1. The van der Waals surface area contributed by atoms with Gasteiger partial charge in [-0.05, 0) is 64.1 Å². The fourth-order valence-electron chi connectivity index (χ4n) is 4.77. The van der Waals surface area contributed by atoms with Gasteiger partial charge in [-0.2, -0.15) is 0 Å². The molecule has 1 amide bonds. The zero-order chi connectivity index (χ0) is 18.8. The number of nitrogens with two attached hydrogens (primary N) is 1. The van der Waals surface area contributed by atoms with Crippen LogP contribution in [0.25, 0.3) is 10.9 Å². The number of aromatic amines is 1. The highest BCUT2D eigenvalue weighted by Gasteiger charge is 2.25. The fourth-order valence-corrected chi connectivity index (χ4v) is 4.77. The lowest BCUT2D eigenvalue weighted by Gasteiger charge is -2.33. The second-order valence-electron chi connectivity index (χ2n) is 8.31. The van der Waals surface area contributed by atoms with Gasteiger partial charge in [-0.1, -0.05) is 0 Å². The normalized spacial score (nSPS) is 24.0. The van der Waals surface area contributed by atoms with Crippen molar-refractivity contribution < 1.29 is 4.79 Å². The van der Waals surface area contributed by atoms with E-state index in [1.165, 1.54) is 48.8 Å². The van der Waals surface area contributed by atoms with Gasteiger partial charge in [0.1, 0.15) is 5.82 Å². The molecule has 2 aliphatic rings. The lowest BCUT2D eigenvalue weighted by molar-refractivity contribution is -0.118. The van der Waals surface area contributed by atoms with Crippen LogP contribution in [0.2, 0.25) is 0 Å². The molecular weight excluding hydrogens is 338 g/mol. The molecule has 4 rings (SSSR count). The molecule has 0 radical (unpaired) electrons. The minimum atomic E-state index is -0.190. The molecule has 6 heteroatoms. The number of rotatable bonds is 6. The average molecular weight is 370 g/mol. The van der Waals surface area contributed by atoms with Gasteiger partial charge in [-0.3, -0.25) is 9.69 Å². The number of nitrogens with one attached hydrogen (secondary N) is 1. The monoisotopic (exact) mass is 369 g/mol. The van der Waals surface area contributed by atoms with Crippen LogP contribution in [0.3, 0.4) is 0 Å². The molecule has 4 heterocycles. The van der Waals surface area contributed by atoms with Gasteiger partial charge < -0.3 is 15.6 Å². The van der Waals surface area contributed by atoms with Gasteiger partial charge in [0.15, 0.2) is 0 Å². The van der Waals surface area contributed by atoms with Gasteiger partial charge in [0.25, 0.3) is 0 Å². The molecule has 2 aliphatic heterocycles. The van der Waals surface area contributed by atoms with Crippen molar-refractivity contribution in [3.63, 3.8) is 0 Å². The highest BCUT2D eigenvalue weighted by Crippen LogP contribution is 2.33. The Morgan fingerprint density at radius 3 is 2.93 bits per heavy atom. The molecule has 0 aliphatic carbocycles. The van der Waals surface area contributed by atoms with Crippen molar-refractivity contribution in [2.75, 3.05) is 31.6 Å². The molecule has 2 aromatic heterocycles. The van der Waals surface area contributed by atoms with E-state index in [9.17, 15) is 4.79 Å². The Kier molecular flexibility index (Phi) is 5.34. The number of hydrogen-bond donors (Lipinski definition) is 2. The van der Waals surface area contributed by atoms with Crippen LogP contribution in [0, 0.1) is 5.92 Å². The summed E-state index contributed by atoms with van der Waals surface area (Å²) in [5.41, 5.74) is 7.77. The van der Waals surface area contributed by atoms with Crippen LogP contribution in [0.1, 0.15) is 56.7 Å². The van der Waals surface area contributed by atoms with E-state index < -0.39 is 0 Å². The Morgan fingerprint density at radius 2 is 2.15 bits per heavy atom. The number of hydrogen-bond acceptors (Lipinski definition) is 4. The maximum absolute atomic E-state index is 11.0. The molecule has 1 unspecified atom stereocenters. The Labute approximate surface area is 161 Å². The summed E-state index contributed by atoms with van der Waals surface area (Å²) in [6.07, 6.45) is 9.39. The smallest absolute Gasteiger partial charge is 0.217 e. The van der Waals surface area contributed by atoms with E-state index in [1.54, 1.807) is 0 Å². The number of primary amides is 1. The number of likely N-dealkylation sites (tertiary alicyclic amines) is 1. The molecule has 0 spiro atoms. The largest absolute Gasteiger partial charge is 0.370 e. The highest BCUT2D eigenvalue weighted by molar-refractivity contribution is 5.82. The first-order valence-corrected chi connectivity index (χ1v) is 10.3. The molecule has 146 valence electrons. The van der Waals surface area contributed by atoms with Crippen LogP contribution in [-0.2, 0) is 4.79 Å². The number of carbonyl (C=O) groups is 1. The lowest BCUT2D eigenvalue weighted by atomic mass is 9.92. The molecule has 2 aromatic rings. The fraction of sp³-hybridized carbons (Fsp3) is 0.619. The number of anilines is 1. The van der Waals surface area contributed by atoms with Crippen molar-refractivity contribution in [2.24, 2.45) is 11.7 Å². The Morgan fingerprint density at radius 1 is 1.30 bits per heavy atom. The number of nitrogens with zero attached hydrogens (tertiary/aromatic N) is 3. The van der Waals surface area contributed by atoms with Crippen molar-refractivity contribution >= 4 is 22.6 Å². The molecule has 2 fully saturated rings. The van der Waals surface area contributed by atoms with E-state index in [0.29, 0.717) is 18.4 Å². The van der Waals surface area contributed by atoms with E-state index in [4.69, 9.17) is 10.7 Å². The first-order valence-electron chi connectivity index (χ1n) is 10.3. The van der Waals surface area contributed by atoms with Gasteiger partial charge in [0, 0.05) is 48.9 Å². The third-order valence-electron chi connectivity index (χ3n) is 6.27. The molecule has 3 N–H and O–H groups in total. The Balaban J connectivity index is 1.45. The van der Waals surface area contributed by atoms with Gasteiger partial charge in [0.05, 0.1) is 5.52 Å². The molecule has 2 atom stereocenters. The quantitative estimate of drug-likeness (QED) is 0.820. The number of piperidine rings is 1. The first-order chi connectivity index (χ1) is 13.1. The van der Waals surface area contributed by atoms with Crippen LogP contribution in [0.15, 0.2) is 18.3 Å². The predicted octanol–water partition coefficient (Wildman–Crippen LogP) is 3.20. The number of H-pyrrole nitrogens is 1. The summed E-state index contributed by atoms with van der Waals surface area (Å²) < 4.78 is 0. The maximum Gasteiger partial charge on any atom is 0.217 e. The van der Waals surface area contributed by atoms with Crippen LogP contribution in [-0.4, -0.2) is 47.5 Å². The Bertz CT molecular complexity index is 801. The van der Waals surface area contributed by atoms with Crippen molar-refractivity contribution in [1.29, 1.82) is 0 Å². The molecule has 0 aromatic carbocycles. The van der Waals surface area contributed by atoms with Gasteiger partial charge in [-0.15, -0.1) is 0 Å². The number of amides is 1. The second kappa shape index (κ2) is 7.89. The van der Waals surface area contributed by atoms with Crippen molar-refractivity contribution in [3.05, 3.63) is 24.0 Å². The first kappa shape index (κ1) is 18.3. The summed E-state index contributed by atoms with van der Waals surface area (Å²) in [6.45, 7) is 3.26. The number of pyridine rings is 1. The summed E-state index contributed by atoms with van der Waals surface area (Å²) in [6, 6.07) is 4.98.